The highest BCUT2D eigenvalue weighted by Crippen LogP contribution is 2.26. The lowest BCUT2D eigenvalue weighted by Gasteiger charge is -2.12. The summed E-state index contributed by atoms with van der Waals surface area (Å²) in [5, 5.41) is 9.52. The molecule has 0 fully saturated rings. The van der Waals surface area contributed by atoms with E-state index in [4.69, 9.17) is 0 Å². The van der Waals surface area contributed by atoms with Crippen molar-refractivity contribution in [3.8, 4) is 0 Å². The summed E-state index contributed by atoms with van der Waals surface area (Å²) in [4.78, 5) is 16.3. The quantitative estimate of drug-likeness (QED) is 0.801. The molecule has 0 spiro atoms. The number of aromatic amines is 1. The molecule has 1 aromatic heterocycles. The molecule has 2 aromatic rings. The Kier molecular flexibility index (Phi) is 4.29. The lowest BCUT2D eigenvalue weighted by Crippen LogP contribution is -2.16. The second-order valence-corrected chi connectivity index (χ2v) is 7.11. The van der Waals surface area contributed by atoms with Gasteiger partial charge in [0.1, 0.15) is 5.82 Å². The van der Waals surface area contributed by atoms with Gasteiger partial charge in [-0.1, -0.05) is 36.7 Å². The zero-order valence-electron chi connectivity index (χ0n) is 11.3. The molecule has 2 rings (SSSR count). The lowest BCUT2D eigenvalue weighted by molar-refractivity contribution is 0.101. The van der Waals surface area contributed by atoms with Crippen LogP contribution >= 0.6 is 31.9 Å². The van der Waals surface area contributed by atoms with Crippen molar-refractivity contribution in [2.24, 2.45) is 0 Å². The van der Waals surface area contributed by atoms with E-state index in [0.717, 1.165) is 8.95 Å². The van der Waals surface area contributed by atoms with Gasteiger partial charge in [-0.3, -0.25) is 9.89 Å². The number of aromatic nitrogens is 3. The molecule has 0 saturated heterocycles. The fourth-order valence-corrected chi connectivity index (χ4v) is 2.18. The number of rotatable bonds is 2. The monoisotopic (exact) mass is 400 g/mol. The molecule has 0 unspecified atom stereocenters. The topological polar surface area (TPSA) is 70.7 Å². The summed E-state index contributed by atoms with van der Waals surface area (Å²) >= 11 is 6.75. The van der Waals surface area contributed by atoms with Gasteiger partial charge in [-0.05, 0) is 34.1 Å². The Hall–Kier alpha value is -1.21. The largest absolute Gasteiger partial charge is 0.318 e. The van der Waals surface area contributed by atoms with Gasteiger partial charge in [-0.2, -0.15) is 0 Å². The molecule has 0 saturated carbocycles. The minimum Gasteiger partial charge on any atom is -0.318 e. The first-order chi connectivity index (χ1) is 9.27. The van der Waals surface area contributed by atoms with Gasteiger partial charge in [-0.15, -0.1) is 5.10 Å². The first-order valence-electron chi connectivity index (χ1n) is 5.96. The van der Waals surface area contributed by atoms with Crippen LogP contribution in [0.1, 0.15) is 37.2 Å². The third kappa shape index (κ3) is 3.46. The molecular weight excluding hydrogens is 388 g/mol. The van der Waals surface area contributed by atoms with Crippen molar-refractivity contribution in [1.29, 1.82) is 0 Å². The third-order valence-corrected chi connectivity index (χ3v) is 3.76. The summed E-state index contributed by atoms with van der Waals surface area (Å²) in [6.07, 6.45) is 0. The Labute approximate surface area is 133 Å². The second-order valence-electron chi connectivity index (χ2n) is 5.34. The van der Waals surface area contributed by atoms with E-state index in [1.165, 1.54) is 0 Å². The first-order valence-corrected chi connectivity index (χ1v) is 7.55. The van der Waals surface area contributed by atoms with E-state index in [0.29, 0.717) is 11.5 Å². The summed E-state index contributed by atoms with van der Waals surface area (Å²) < 4.78 is 1.67. The fraction of sp³-hybridized carbons (Fsp3) is 0.308. The fourth-order valence-electron chi connectivity index (χ4n) is 1.47. The number of nitrogens with zero attached hydrogens (tertiary/aromatic N) is 2. The molecule has 0 aliphatic rings. The maximum Gasteiger partial charge on any atom is 0.295 e. The Bertz CT molecular complexity index is 646. The standard InChI is InChI=1S/C13H14Br2N4O/c1-13(2,3)12-17-10(18-19-12)11(20)16-9-6-7(14)4-5-8(9)15/h4-6H,1-3H3,(H,16,20)(H,17,18,19). The highest BCUT2D eigenvalue weighted by molar-refractivity contribution is 9.11. The minimum absolute atomic E-state index is 0.127. The second kappa shape index (κ2) is 5.65. The molecule has 20 heavy (non-hydrogen) atoms. The van der Waals surface area contributed by atoms with Crippen LogP contribution in [0.15, 0.2) is 27.1 Å². The van der Waals surface area contributed by atoms with Gasteiger partial charge in [0.15, 0.2) is 0 Å². The number of carbonyl (C=O) groups is 1. The number of amides is 1. The average Bonchev–Trinajstić information content (AvgIpc) is 2.83. The number of carbonyl (C=O) groups excluding carboxylic acids is 1. The molecule has 5 nitrogen and oxygen atoms in total. The molecule has 1 aromatic carbocycles. The van der Waals surface area contributed by atoms with Gasteiger partial charge in [0.25, 0.3) is 5.91 Å². The van der Waals surface area contributed by atoms with Crippen LogP contribution in [-0.4, -0.2) is 21.1 Å². The predicted molar refractivity (Wildman–Crippen MR) is 84.9 cm³/mol. The van der Waals surface area contributed by atoms with Crippen LogP contribution < -0.4 is 5.32 Å². The Morgan fingerprint density at radius 1 is 1.30 bits per heavy atom. The molecule has 2 N–H and O–H groups in total. The number of benzene rings is 1. The van der Waals surface area contributed by atoms with E-state index in [1.807, 2.05) is 32.9 Å². The zero-order chi connectivity index (χ0) is 14.9. The van der Waals surface area contributed by atoms with Crippen LogP contribution in [0.25, 0.3) is 0 Å². The van der Waals surface area contributed by atoms with Gasteiger partial charge in [-0.25, -0.2) is 4.98 Å². The number of nitrogens with one attached hydrogen (secondary N) is 2. The van der Waals surface area contributed by atoms with Crippen molar-refractivity contribution in [1.82, 2.24) is 15.2 Å². The molecule has 0 aliphatic heterocycles. The zero-order valence-corrected chi connectivity index (χ0v) is 14.5. The van der Waals surface area contributed by atoms with Crippen LogP contribution in [0, 0.1) is 0 Å². The molecule has 106 valence electrons. The van der Waals surface area contributed by atoms with Crippen molar-refractivity contribution >= 4 is 43.5 Å². The molecule has 0 bridgehead atoms. The normalized spacial score (nSPS) is 11.4. The maximum absolute atomic E-state index is 12.1. The maximum atomic E-state index is 12.1. The minimum atomic E-state index is -0.351. The molecule has 1 amide bonds. The van der Waals surface area contributed by atoms with Crippen LogP contribution in [0.3, 0.4) is 0 Å². The van der Waals surface area contributed by atoms with E-state index in [9.17, 15) is 4.79 Å². The molecule has 1 heterocycles. The third-order valence-electron chi connectivity index (χ3n) is 2.58. The Morgan fingerprint density at radius 2 is 2.00 bits per heavy atom. The molecule has 7 heteroatoms. The van der Waals surface area contributed by atoms with E-state index in [1.54, 1.807) is 6.07 Å². The van der Waals surface area contributed by atoms with Gasteiger partial charge in [0.05, 0.1) is 5.69 Å². The smallest absolute Gasteiger partial charge is 0.295 e. The summed E-state index contributed by atoms with van der Waals surface area (Å²) in [5.74, 6) is 0.452. The highest BCUT2D eigenvalue weighted by Gasteiger charge is 2.21. The summed E-state index contributed by atoms with van der Waals surface area (Å²) in [6, 6.07) is 5.53. The van der Waals surface area contributed by atoms with Crippen LogP contribution in [-0.2, 0) is 5.41 Å². The first kappa shape index (κ1) is 15.2. The predicted octanol–water partition coefficient (Wildman–Crippen LogP) is 3.88. The average molecular weight is 402 g/mol. The van der Waals surface area contributed by atoms with Crippen molar-refractivity contribution in [2.45, 2.75) is 26.2 Å². The van der Waals surface area contributed by atoms with Gasteiger partial charge >= 0.3 is 0 Å². The molecule has 0 atom stereocenters. The highest BCUT2D eigenvalue weighted by atomic mass is 79.9. The number of anilines is 1. The van der Waals surface area contributed by atoms with Crippen molar-refractivity contribution in [2.75, 3.05) is 5.32 Å². The summed E-state index contributed by atoms with van der Waals surface area (Å²) in [5.41, 5.74) is 0.480. The summed E-state index contributed by atoms with van der Waals surface area (Å²) in [7, 11) is 0. The Balaban J connectivity index is 2.20. The lowest BCUT2D eigenvalue weighted by atomic mass is 9.96. The summed E-state index contributed by atoms with van der Waals surface area (Å²) in [6.45, 7) is 6.00. The van der Waals surface area contributed by atoms with E-state index in [2.05, 4.69) is 52.4 Å². The number of hydrogen-bond acceptors (Lipinski definition) is 3. The van der Waals surface area contributed by atoms with Gasteiger partial charge in [0.2, 0.25) is 5.82 Å². The van der Waals surface area contributed by atoms with Crippen LogP contribution in [0.4, 0.5) is 5.69 Å². The number of halogens is 2. The Morgan fingerprint density at radius 3 is 2.60 bits per heavy atom. The van der Waals surface area contributed by atoms with Crippen molar-refractivity contribution in [3.05, 3.63) is 38.8 Å². The van der Waals surface area contributed by atoms with E-state index in [-0.39, 0.29) is 17.1 Å². The molecule has 0 radical (unpaired) electrons. The SMILES string of the molecule is CC(C)(C)c1nc(C(=O)Nc2cc(Br)ccc2Br)n[nH]1. The van der Waals surface area contributed by atoms with Gasteiger partial charge in [0, 0.05) is 14.4 Å². The molecule has 0 aliphatic carbocycles. The van der Waals surface area contributed by atoms with Crippen molar-refractivity contribution < 1.29 is 4.79 Å². The molecular formula is C13H14Br2N4O. The van der Waals surface area contributed by atoms with Crippen LogP contribution in [0.5, 0.6) is 0 Å². The number of hydrogen-bond donors (Lipinski definition) is 2. The van der Waals surface area contributed by atoms with Gasteiger partial charge < -0.3 is 5.32 Å². The van der Waals surface area contributed by atoms with E-state index >= 15 is 0 Å². The van der Waals surface area contributed by atoms with Crippen LogP contribution in [0.2, 0.25) is 0 Å². The van der Waals surface area contributed by atoms with Crippen molar-refractivity contribution in [3.63, 3.8) is 0 Å². The van der Waals surface area contributed by atoms with E-state index < -0.39 is 0 Å². The number of H-pyrrole nitrogens is 1.